The molecule has 3 nitrogen and oxygen atoms in total. The second-order valence-electron chi connectivity index (χ2n) is 4.59. The van der Waals surface area contributed by atoms with Crippen molar-refractivity contribution >= 4 is 44.8 Å². The third-order valence-electron chi connectivity index (χ3n) is 2.88. The summed E-state index contributed by atoms with van der Waals surface area (Å²) in [6.45, 7) is 0. The van der Waals surface area contributed by atoms with Gasteiger partial charge in [0.25, 0.3) is 5.91 Å². The number of carbonyl (C=O) groups excluding carboxylic acids is 1. The van der Waals surface area contributed by atoms with Crippen molar-refractivity contribution in [3.8, 4) is 0 Å². The molecule has 0 fully saturated rings. The summed E-state index contributed by atoms with van der Waals surface area (Å²) in [6.07, 6.45) is 0. The van der Waals surface area contributed by atoms with E-state index in [0.29, 0.717) is 16.4 Å². The van der Waals surface area contributed by atoms with Gasteiger partial charge >= 0.3 is 0 Å². The average Bonchev–Trinajstić information content (AvgIpc) is 2.41. The van der Waals surface area contributed by atoms with Gasteiger partial charge in [-0.05, 0) is 40.2 Å². The van der Waals surface area contributed by atoms with E-state index in [2.05, 4.69) is 21.2 Å². The van der Waals surface area contributed by atoms with Crippen molar-refractivity contribution in [2.75, 3.05) is 24.3 Å². The molecular formula is C15H13BrClFN2O. The zero-order valence-electron chi connectivity index (χ0n) is 11.5. The number of hydrogen-bond acceptors (Lipinski definition) is 2. The number of amides is 1. The predicted molar refractivity (Wildman–Crippen MR) is 87.8 cm³/mol. The van der Waals surface area contributed by atoms with Crippen LogP contribution in [0.15, 0.2) is 40.9 Å². The zero-order valence-corrected chi connectivity index (χ0v) is 13.8. The fourth-order valence-corrected chi connectivity index (χ4v) is 2.65. The number of para-hydroxylation sites is 1. The van der Waals surface area contributed by atoms with Crippen LogP contribution in [0.5, 0.6) is 0 Å². The summed E-state index contributed by atoms with van der Waals surface area (Å²) >= 11 is 9.20. The monoisotopic (exact) mass is 370 g/mol. The predicted octanol–water partition coefficient (Wildman–Crippen LogP) is 4.56. The van der Waals surface area contributed by atoms with Gasteiger partial charge in [-0.1, -0.05) is 23.7 Å². The highest BCUT2D eigenvalue weighted by atomic mass is 79.9. The molecule has 0 spiro atoms. The Bertz CT molecular complexity index is 691. The summed E-state index contributed by atoms with van der Waals surface area (Å²) in [4.78, 5) is 14.0. The smallest absolute Gasteiger partial charge is 0.258 e. The lowest BCUT2D eigenvalue weighted by molar-refractivity contribution is 0.102. The Hall–Kier alpha value is -1.59. The minimum absolute atomic E-state index is 0.0333. The first-order valence-electron chi connectivity index (χ1n) is 6.13. The first-order chi connectivity index (χ1) is 9.91. The number of benzene rings is 2. The van der Waals surface area contributed by atoms with Crippen LogP contribution in [-0.4, -0.2) is 20.0 Å². The lowest BCUT2D eigenvalue weighted by Crippen LogP contribution is -2.18. The Labute approximate surface area is 135 Å². The molecule has 1 N–H and O–H groups in total. The minimum atomic E-state index is -0.594. The number of nitrogens with one attached hydrogen (secondary N) is 1. The summed E-state index contributed by atoms with van der Waals surface area (Å²) < 4.78 is 14.2. The van der Waals surface area contributed by atoms with Gasteiger partial charge in [0.15, 0.2) is 0 Å². The molecule has 0 saturated heterocycles. The fourth-order valence-electron chi connectivity index (χ4n) is 1.94. The van der Waals surface area contributed by atoms with Crippen molar-refractivity contribution in [2.45, 2.75) is 0 Å². The molecule has 2 rings (SSSR count). The lowest BCUT2D eigenvalue weighted by Gasteiger charge is -2.19. The van der Waals surface area contributed by atoms with Crippen LogP contribution in [0.3, 0.4) is 0 Å². The summed E-state index contributed by atoms with van der Waals surface area (Å²) in [5, 5.41) is 3.20. The van der Waals surface area contributed by atoms with Crippen LogP contribution < -0.4 is 10.2 Å². The fraction of sp³-hybridized carbons (Fsp3) is 0.133. The van der Waals surface area contributed by atoms with Gasteiger partial charge in [-0.15, -0.1) is 0 Å². The van der Waals surface area contributed by atoms with E-state index in [-0.39, 0.29) is 10.0 Å². The van der Waals surface area contributed by atoms with E-state index in [1.807, 2.05) is 14.1 Å². The van der Waals surface area contributed by atoms with E-state index in [0.717, 1.165) is 0 Å². The largest absolute Gasteiger partial charge is 0.375 e. The first kappa shape index (κ1) is 15.8. The number of hydrogen-bond donors (Lipinski definition) is 1. The Kier molecular flexibility index (Phi) is 4.85. The third-order valence-corrected chi connectivity index (χ3v) is 3.80. The molecule has 0 aliphatic rings. The van der Waals surface area contributed by atoms with E-state index >= 15 is 0 Å². The van der Waals surface area contributed by atoms with Gasteiger partial charge in [0.1, 0.15) is 5.82 Å². The van der Waals surface area contributed by atoms with E-state index in [4.69, 9.17) is 11.6 Å². The van der Waals surface area contributed by atoms with Crippen LogP contribution >= 0.6 is 27.5 Å². The summed E-state index contributed by atoms with van der Waals surface area (Å²) in [7, 11) is 3.63. The second-order valence-corrected chi connectivity index (χ2v) is 5.85. The van der Waals surface area contributed by atoms with Crippen LogP contribution in [-0.2, 0) is 0 Å². The van der Waals surface area contributed by atoms with E-state index in [9.17, 15) is 9.18 Å². The molecule has 0 heterocycles. The maximum absolute atomic E-state index is 13.9. The summed E-state index contributed by atoms with van der Waals surface area (Å²) in [5.74, 6) is -1.12. The van der Waals surface area contributed by atoms with Gasteiger partial charge in [0.2, 0.25) is 0 Å². The number of rotatable bonds is 3. The van der Waals surface area contributed by atoms with Gasteiger partial charge in [-0.25, -0.2) is 4.39 Å². The Morgan fingerprint density at radius 1 is 1.24 bits per heavy atom. The van der Waals surface area contributed by atoms with Crippen molar-refractivity contribution in [1.29, 1.82) is 0 Å². The van der Waals surface area contributed by atoms with Crippen LogP contribution in [0, 0.1) is 5.82 Å². The molecule has 2 aromatic carbocycles. The van der Waals surface area contributed by atoms with Gasteiger partial charge in [0, 0.05) is 14.1 Å². The second kappa shape index (κ2) is 6.45. The van der Waals surface area contributed by atoms with Crippen molar-refractivity contribution < 1.29 is 9.18 Å². The molecule has 110 valence electrons. The molecule has 0 aliphatic heterocycles. The minimum Gasteiger partial charge on any atom is -0.375 e. The van der Waals surface area contributed by atoms with Crippen molar-refractivity contribution in [1.82, 2.24) is 0 Å². The highest BCUT2D eigenvalue weighted by Gasteiger charge is 2.17. The zero-order chi connectivity index (χ0) is 15.6. The Balaban J connectivity index is 2.37. The molecule has 0 radical (unpaired) electrons. The molecule has 6 heteroatoms. The maximum Gasteiger partial charge on any atom is 0.258 e. The van der Waals surface area contributed by atoms with Gasteiger partial charge < -0.3 is 10.2 Å². The number of nitrogens with zero attached hydrogens (tertiary/aromatic N) is 1. The molecule has 0 atom stereocenters. The highest BCUT2D eigenvalue weighted by Crippen LogP contribution is 2.33. The van der Waals surface area contributed by atoms with Crippen LogP contribution in [0.25, 0.3) is 0 Å². The van der Waals surface area contributed by atoms with E-state index in [1.54, 1.807) is 29.2 Å². The molecule has 0 saturated carbocycles. The molecule has 0 unspecified atom stereocenters. The van der Waals surface area contributed by atoms with Gasteiger partial charge in [-0.2, -0.15) is 0 Å². The number of anilines is 2. The van der Waals surface area contributed by atoms with E-state index < -0.39 is 11.7 Å². The Morgan fingerprint density at radius 2 is 1.90 bits per heavy atom. The summed E-state index contributed by atoms with van der Waals surface area (Å²) in [5.41, 5.74) is 1.16. The molecule has 0 bridgehead atoms. The first-order valence-corrected chi connectivity index (χ1v) is 7.30. The lowest BCUT2D eigenvalue weighted by atomic mass is 10.2. The van der Waals surface area contributed by atoms with Crippen LogP contribution in [0.1, 0.15) is 10.4 Å². The molecule has 2 aromatic rings. The molecule has 0 aliphatic carbocycles. The van der Waals surface area contributed by atoms with Crippen molar-refractivity contribution in [3.05, 3.63) is 57.3 Å². The average molecular weight is 372 g/mol. The summed E-state index contributed by atoms with van der Waals surface area (Å²) in [6, 6.07) is 9.74. The van der Waals surface area contributed by atoms with Crippen molar-refractivity contribution in [3.63, 3.8) is 0 Å². The third kappa shape index (κ3) is 3.36. The molecule has 21 heavy (non-hydrogen) atoms. The normalized spacial score (nSPS) is 10.3. The SMILES string of the molecule is CN(C)c1c(Cl)cccc1NC(=O)c1cccc(Br)c1F. The molecule has 1 amide bonds. The highest BCUT2D eigenvalue weighted by molar-refractivity contribution is 9.10. The molecule has 0 aromatic heterocycles. The van der Waals surface area contributed by atoms with Gasteiger partial charge in [-0.3, -0.25) is 4.79 Å². The Morgan fingerprint density at radius 3 is 2.57 bits per heavy atom. The maximum atomic E-state index is 13.9. The topological polar surface area (TPSA) is 32.3 Å². The van der Waals surface area contributed by atoms with Crippen LogP contribution in [0.4, 0.5) is 15.8 Å². The molecular weight excluding hydrogens is 359 g/mol. The van der Waals surface area contributed by atoms with Gasteiger partial charge in [0.05, 0.1) is 26.4 Å². The van der Waals surface area contributed by atoms with E-state index in [1.165, 1.54) is 12.1 Å². The number of carbonyl (C=O) groups is 1. The van der Waals surface area contributed by atoms with Crippen LogP contribution in [0.2, 0.25) is 5.02 Å². The standard InChI is InChI=1S/C15H13BrClFN2O/c1-20(2)14-11(17)7-4-8-12(14)19-15(21)9-5-3-6-10(16)13(9)18/h3-8H,1-2H3,(H,19,21). The van der Waals surface area contributed by atoms with Crippen molar-refractivity contribution in [2.24, 2.45) is 0 Å². The number of halogens is 3. The quantitative estimate of drug-likeness (QED) is 0.858.